The molecule has 3 aliphatic rings. The van der Waals surface area contributed by atoms with Crippen LogP contribution in [0.25, 0.3) is 27.8 Å². The number of carbonyl (C=O) groups is 3. The highest BCUT2D eigenvalue weighted by Crippen LogP contribution is 2.45. The number of aryl methyl sites for hydroxylation is 2. The van der Waals surface area contributed by atoms with Gasteiger partial charge in [-0.3, -0.25) is 19.9 Å². The predicted molar refractivity (Wildman–Crippen MR) is 215 cm³/mol. The van der Waals surface area contributed by atoms with Gasteiger partial charge in [-0.25, -0.2) is 14.7 Å². The molecule has 1 saturated heterocycles. The van der Waals surface area contributed by atoms with Crippen molar-refractivity contribution in [1.82, 2.24) is 10.4 Å². The molecular weight excluding hydrogens is 798 g/mol. The summed E-state index contributed by atoms with van der Waals surface area (Å²) in [5.41, 5.74) is -1.10. The molecule has 7 rings (SSSR count). The third kappa shape index (κ3) is 8.17. The molecule has 0 saturated carbocycles. The van der Waals surface area contributed by atoms with Crippen LogP contribution in [0.4, 0.5) is 0 Å². The van der Waals surface area contributed by atoms with Crippen molar-refractivity contribution in [2.45, 2.75) is 56.0 Å². The second-order valence-corrected chi connectivity index (χ2v) is 14.9. The van der Waals surface area contributed by atoms with Gasteiger partial charge < -0.3 is 54.1 Å². The van der Waals surface area contributed by atoms with Crippen LogP contribution in [0, 0.1) is 13.8 Å². The monoisotopic (exact) mass is 841 g/mol. The van der Waals surface area contributed by atoms with Crippen LogP contribution in [0.3, 0.4) is 0 Å². The average Bonchev–Trinajstić information content (AvgIpc) is 3.83. The van der Waals surface area contributed by atoms with Crippen LogP contribution >= 0.6 is 0 Å². The Morgan fingerprint density at radius 2 is 1.74 bits per heavy atom. The molecule has 61 heavy (non-hydrogen) atoms. The first-order valence-electron chi connectivity index (χ1n) is 19.1. The summed E-state index contributed by atoms with van der Waals surface area (Å²) in [6.45, 7) is 0.132. The zero-order chi connectivity index (χ0) is 43.6. The molecule has 0 unspecified atom stereocenters. The zero-order valence-electron chi connectivity index (χ0n) is 32.9. The number of aliphatic imine (C=N–C) groups is 1. The summed E-state index contributed by atoms with van der Waals surface area (Å²) in [6, 6.07) is 13.9. The molecule has 0 bridgehead atoms. The van der Waals surface area contributed by atoms with Gasteiger partial charge in [-0.1, -0.05) is 29.3 Å². The molecular formula is C43H43N3O15. The van der Waals surface area contributed by atoms with Crippen molar-refractivity contribution < 1.29 is 68.5 Å². The van der Waals surface area contributed by atoms with Gasteiger partial charge in [0.2, 0.25) is 12.3 Å². The molecule has 0 spiro atoms. The minimum absolute atomic E-state index is 0.0118. The van der Waals surface area contributed by atoms with E-state index in [0.29, 0.717) is 28.8 Å². The number of aromatic hydroxyl groups is 1. The molecule has 0 amide bonds. The zero-order valence-corrected chi connectivity index (χ0v) is 32.9. The number of phenolic OH excluding ortho intramolecular Hbond substituents is 1. The number of fused-ring (bicyclic) bond motifs is 2. The first kappa shape index (κ1) is 42.9. The molecule has 7 N–H and O–H groups in total. The van der Waals surface area contributed by atoms with E-state index < -0.39 is 72.9 Å². The lowest BCUT2D eigenvalue weighted by Crippen LogP contribution is -2.79. The fourth-order valence-electron chi connectivity index (χ4n) is 7.60. The molecule has 1 fully saturated rings. The highest BCUT2D eigenvalue weighted by molar-refractivity contribution is 5.98. The third-order valence-corrected chi connectivity index (χ3v) is 10.7. The Hall–Kier alpha value is -6.25. The molecule has 0 radical (unpaired) electrons. The lowest BCUT2D eigenvalue weighted by atomic mass is 9.73. The summed E-state index contributed by atoms with van der Waals surface area (Å²) in [4.78, 5) is 60.3. The second-order valence-electron chi connectivity index (χ2n) is 14.9. The molecule has 18 nitrogen and oxygen atoms in total. The molecule has 320 valence electrons. The number of ether oxygens (including phenoxy) is 3. The van der Waals surface area contributed by atoms with Crippen LogP contribution in [0.2, 0.25) is 0 Å². The Bertz CT molecular complexity index is 2480. The molecule has 6 atom stereocenters. The van der Waals surface area contributed by atoms with Gasteiger partial charge in [-0.05, 0) is 61.9 Å². The number of carboxylic acids is 1. The van der Waals surface area contributed by atoms with Crippen molar-refractivity contribution in [2.75, 3.05) is 32.9 Å². The maximum Gasteiger partial charge on any atom is 0.334 e. The van der Waals surface area contributed by atoms with Gasteiger partial charge in [0.1, 0.15) is 42.3 Å². The van der Waals surface area contributed by atoms with E-state index >= 15 is 0 Å². The van der Waals surface area contributed by atoms with E-state index in [9.17, 15) is 49.8 Å². The summed E-state index contributed by atoms with van der Waals surface area (Å²) in [6.07, 6.45) is -0.602. The van der Waals surface area contributed by atoms with E-state index in [1.807, 2.05) is 32.0 Å². The minimum atomic E-state index is -2.88. The van der Waals surface area contributed by atoms with Gasteiger partial charge in [0.25, 0.3) is 0 Å². The lowest BCUT2D eigenvalue weighted by molar-refractivity contribution is -0.392. The normalized spacial score (nSPS) is 23.8. The van der Waals surface area contributed by atoms with E-state index in [1.54, 1.807) is 24.4 Å². The summed E-state index contributed by atoms with van der Waals surface area (Å²) >= 11 is 0. The largest absolute Gasteiger partial charge is 0.508 e. The van der Waals surface area contributed by atoms with E-state index in [4.69, 9.17) is 23.5 Å². The van der Waals surface area contributed by atoms with Crippen LogP contribution in [-0.2, 0) is 28.7 Å². The quantitative estimate of drug-likeness (QED) is 0.0365. The van der Waals surface area contributed by atoms with Crippen molar-refractivity contribution in [3.63, 3.8) is 0 Å². The Balaban J connectivity index is 1.27. The fraction of sp³-hybridized carbons (Fsp3) is 0.326. The number of rotatable bonds is 16. The number of carbonyl (C=O) groups excluding carboxylic acids is 2. The van der Waals surface area contributed by atoms with Gasteiger partial charge in [0.05, 0.1) is 42.1 Å². The number of hydroxylamine groups is 2. The van der Waals surface area contributed by atoms with E-state index in [-0.39, 0.29) is 47.5 Å². The Morgan fingerprint density at radius 1 is 1.02 bits per heavy atom. The third-order valence-electron chi connectivity index (χ3n) is 10.7. The fourth-order valence-corrected chi connectivity index (χ4v) is 7.60. The van der Waals surface area contributed by atoms with Crippen LogP contribution in [0.1, 0.15) is 23.1 Å². The number of aliphatic hydroxyl groups is 4. The van der Waals surface area contributed by atoms with Gasteiger partial charge >= 0.3 is 11.9 Å². The highest BCUT2D eigenvalue weighted by atomic mass is 16.8. The summed E-state index contributed by atoms with van der Waals surface area (Å²) in [5, 5.41) is 69.6. The average molecular weight is 842 g/mol. The van der Waals surface area contributed by atoms with Gasteiger partial charge in [-0.2, -0.15) is 0 Å². The van der Waals surface area contributed by atoms with Crippen molar-refractivity contribution in [3.05, 3.63) is 111 Å². The maximum atomic E-state index is 13.6. The van der Waals surface area contributed by atoms with Gasteiger partial charge in [0.15, 0.2) is 22.7 Å². The van der Waals surface area contributed by atoms with Gasteiger partial charge in [0, 0.05) is 36.4 Å². The van der Waals surface area contributed by atoms with Crippen LogP contribution < -0.4 is 15.5 Å². The highest BCUT2D eigenvalue weighted by Gasteiger charge is 2.67. The van der Waals surface area contributed by atoms with Crippen LogP contribution in [-0.4, -0.2) is 129 Å². The number of nitrogens with zero attached hydrogens (tertiary/aromatic N) is 2. The number of aldehydes is 1. The smallest absolute Gasteiger partial charge is 0.334 e. The summed E-state index contributed by atoms with van der Waals surface area (Å²) in [7, 11) is 0. The van der Waals surface area contributed by atoms with Crippen LogP contribution in [0.5, 0.6) is 11.5 Å². The summed E-state index contributed by atoms with van der Waals surface area (Å²) in [5.74, 6) is -3.01. The topological polar surface area (TPSA) is 267 Å². The number of aliphatic carboxylic acids is 1. The first-order chi connectivity index (χ1) is 29.2. The van der Waals surface area contributed by atoms with Crippen LogP contribution in [0.15, 0.2) is 98.5 Å². The SMILES string of the molecule is Cc1cc(C)cc(C2=C3N=CC=C3CN2O[C@@H]2[C@@H](Oc3ccc4c(=O)c(-c5ccc(O)cc5)coc4c3)O[C@@H](COC(=O)[C@H](NCCC=O)C(=O)O)[C@@](O)(CO)[C@]2(O)CO)c1. The van der Waals surface area contributed by atoms with Gasteiger partial charge in [-0.15, -0.1) is 0 Å². The van der Waals surface area contributed by atoms with Crippen molar-refractivity contribution >= 4 is 41.1 Å². The molecule has 4 heterocycles. The minimum Gasteiger partial charge on any atom is -0.508 e. The number of nitrogens with one attached hydrogen (secondary N) is 1. The maximum absolute atomic E-state index is 13.6. The number of allylic oxidation sites excluding steroid dienone is 1. The molecule has 3 aromatic carbocycles. The number of esters is 1. The Kier molecular flexibility index (Phi) is 12.2. The van der Waals surface area contributed by atoms with E-state index in [0.717, 1.165) is 16.7 Å². The molecule has 3 aliphatic heterocycles. The lowest BCUT2D eigenvalue weighted by Gasteiger charge is -2.55. The first-order valence-corrected chi connectivity index (χ1v) is 19.1. The molecule has 4 aromatic rings. The second kappa shape index (κ2) is 17.4. The number of carboxylic acid groups (broad SMARTS) is 1. The Morgan fingerprint density at radius 3 is 2.41 bits per heavy atom. The van der Waals surface area contributed by atoms with Crippen molar-refractivity contribution in [3.8, 4) is 22.6 Å². The standard InChI is InChI=1S/C43H43N3O15/c1-23-14-24(2)16-27(15-23)36-34-26(10-12-45-34)18-46(36)61-38-41(59-29-8-9-30-32(17-29)57-19-31(37(30)51)25-4-6-28(50)7-5-25)60-33(42(55,21-48)43(38,56)22-49)20-58-40(54)35(39(52)53)44-11-3-13-47/h4-10,12-17,19,33,35,38,41,44,48-50,55-56H,3,11,18,20-22H2,1-2H3,(H,52,53)/t33-,35+,38+,41-,42-,43-/m0/s1. The number of benzene rings is 3. The van der Waals surface area contributed by atoms with E-state index in [2.05, 4.69) is 10.3 Å². The van der Waals surface area contributed by atoms with Crippen molar-refractivity contribution in [2.24, 2.45) is 4.99 Å². The molecule has 18 heteroatoms. The number of hydrogen-bond acceptors (Lipinski definition) is 17. The Labute approximate surface area is 347 Å². The van der Waals surface area contributed by atoms with Crippen molar-refractivity contribution in [1.29, 1.82) is 0 Å². The number of aliphatic hydroxyl groups excluding tert-OH is 2. The number of phenols is 1. The molecule has 1 aromatic heterocycles. The summed E-state index contributed by atoms with van der Waals surface area (Å²) < 4.78 is 23.5. The predicted octanol–water partition coefficient (Wildman–Crippen LogP) is 1.50. The number of hydrogen-bond donors (Lipinski definition) is 7. The molecule has 0 aliphatic carbocycles. The van der Waals surface area contributed by atoms with E-state index in [1.165, 1.54) is 41.7 Å².